The molecule has 2 heteroatoms. The largest absolute Gasteiger partial charge is 0.378 e. The van der Waals surface area contributed by atoms with E-state index in [9.17, 15) is 0 Å². The third-order valence-electron chi connectivity index (χ3n) is 3.92. The molecule has 0 aromatic heterocycles. The molecule has 2 rings (SSSR count). The highest BCUT2D eigenvalue weighted by Gasteiger charge is 2.09. The average molecular weight is 346 g/mol. The molecule has 1 nitrogen and oxygen atoms in total. The van der Waals surface area contributed by atoms with Crippen LogP contribution in [-0.2, 0) is 6.42 Å². The molecule has 0 amide bonds. The van der Waals surface area contributed by atoms with Gasteiger partial charge in [0, 0.05) is 16.2 Å². The Morgan fingerprint density at radius 2 is 1.57 bits per heavy atom. The quantitative estimate of drug-likeness (QED) is 0.669. The molecule has 0 aliphatic rings. The van der Waals surface area contributed by atoms with Crippen molar-refractivity contribution in [3.8, 4) is 0 Å². The van der Waals surface area contributed by atoms with Crippen molar-refractivity contribution in [2.75, 3.05) is 5.32 Å². The van der Waals surface area contributed by atoms with E-state index in [-0.39, 0.29) is 0 Å². The van der Waals surface area contributed by atoms with Gasteiger partial charge in [-0.2, -0.15) is 0 Å². The van der Waals surface area contributed by atoms with E-state index < -0.39 is 0 Å². The van der Waals surface area contributed by atoms with Crippen LogP contribution in [0.4, 0.5) is 5.69 Å². The maximum Gasteiger partial charge on any atom is 0.0485 e. The molecule has 0 heterocycles. The van der Waals surface area contributed by atoms with Crippen LogP contribution in [0.2, 0.25) is 0 Å². The standard InChI is InChI=1S/C19H24BrN/c1-5-15-12-18(20)10-11-19(15)21-14(4)17-8-6-16(7-9-17)13(2)3/h6-14,21H,5H2,1-4H3. The lowest BCUT2D eigenvalue weighted by atomic mass is 9.99. The van der Waals surface area contributed by atoms with Crippen molar-refractivity contribution >= 4 is 21.6 Å². The first-order valence-corrected chi connectivity index (χ1v) is 8.45. The van der Waals surface area contributed by atoms with E-state index in [0.717, 1.165) is 10.9 Å². The van der Waals surface area contributed by atoms with Crippen LogP contribution in [0.15, 0.2) is 46.9 Å². The summed E-state index contributed by atoms with van der Waals surface area (Å²) in [6.07, 6.45) is 1.03. The second-order valence-electron chi connectivity index (χ2n) is 5.84. The lowest BCUT2D eigenvalue weighted by molar-refractivity contribution is 0.850. The normalized spacial score (nSPS) is 12.5. The number of hydrogen-bond acceptors (Lipinski definition) is 1. The van der Waals surface area contributed by atoms with Crippen molar-refractivity contribution in [3.05, 3.63) is 63.6 Å². The van der Waals surface area contributed by atoms with Gasteiger partial charge in [-0.15, -0.1) is 0 Å². The van der Waals surface area contributed by atoms with Gasteiger partial charge in [-0.1, -0.05) is 61.0 Å². The highest BCUT2D eigenvalue weighted by molar-refractivity contribution is 9.10. The third kappa shape index (κ3) is 4.10. The smallest absolute Gasteiger partial charge is 0.0485 e. The molecule has 112 valence electrons. The summed E-state index contributed by atoms with van der Waals surface area (Å²) in [7, 11) is 0. The minimum Gasteiger partial charge on any atom is -0.378 e. The van der Waals surface area contributed by atoms with Gasteiger partial charge in [0.25, 0.3) is 0 Å². The zero-order valence-electron chi connectivity index (χ0n) is 13.3. The van der Waals surface area contributed by atoms with Crippen molar-refractivity contribution in [1.82, 2.24) is 0 Å². The maximum atomic E-state index is 3.63. The van der Waals surface area contributed by atoms with Crippen LogP contribution < -0.4 is 5.32 Å². The van der Waals surface area contributed by atoms with Crippen LogP contribution in [0, 0.1) is 0 Å². The van der Waals surface area contributed by atoms with E-state index in [4.69, 9.17) is 0 Å². The molecule has 21 heavy (non-hydrogen) atoms. The Balaban J connectivity index is 2.15. The van der Waals surface area contributed by atoms with Crippen LogP contribution in [0.3, 0.4) is 0 Å². The minimum atomic E-state index is 0.303. The van der Waals surface area contributed by atoms with E-state index in [1.807, 2.05) is 0 Å². The number of aryl methyl sites for hydroxylation is 1. The molecule has 0 aliphatic heterocycles. The summed E-state index contributed by atoms with van der Waals surface area (Å²) in [5.74, 6) is 0.584. The van der Waals surface area contributed by atoms with Crippen molar-refractivity contribution in [3.63, 3.8) is 0 Å². The Kier molecular flexibility index (Phi) is 5.46. The summed E-state index contributed by atoms with van der Waals surface area (Å²) in [6.45, 7) is 8.86. The molecule has 1 unspecified atom stereocenters. The summed E-state index contributed by atoms with van der Waals surface area (Å²) < 4.78 is 1.14. The predicted octanol–water partition coefficient (Wildman–Crippen LogP) is 6.31. The van der Waals surface area contributed by atoms with Gasteiger partial charge in [-0.3, -0.25) is 0 Å². The molecule has 0 fully saturated rings. The molecule has 0 spiro atoms. The second-order valence-corrected chi connectivity index (χ2v) is 6.76. The Hall–Kier alpha value is -1.28. The molecule has 0 saturated carbocycles. The second kappa shape index (κ2) is 7.13. The molecule has 0 bridgehead atoms. The van der Waals surface area contributed by atoms with Crippen LogP contribution in [0.1, 0.15) is 56.3 Å². The first kappa shape index (κ1) is 16.1. The molecule has 1 N–H and O–H groups in total. The van der Waals surface area contributed by atoms with Crippen LogP contribution in [-0.4, -0.2) is 0 Å². The first-order valence-electron chi connectivity index (χ1n) is 7.66. The Morgan fingerprint density at radius 3 is 2.14 bits per heavy atom. The van der Waals surface area contributed by atoms with Gasteiger partial charge in [-0.05, 0) is 54.2 Å². The highest BCUT2D eigenvalue weighted by atomic mass is 79.9. The first-order chi connectivity index (χ1) is 10.0. The number of nitrogens with one attached hydrogen (secondary N) is 1. The van der Waals surface area contributed by atoms with E-state index in [1.165, 1.54) is 22.4 Å². The Morgan fingerprint density at radius 1 is 0.952 bits per heavy atom. The van der Waals surface area contributed by atoms with Gasteiger partial charge >= 0.3 is 0 Å². The minimum absolute atomic E-state index is 0.303. The van der Waals surface area contributed by atoms with Gasteiger partial charge in [0.05, 0.1) is 0 Å². The number of anilines is 1. The SMILES string of the molecule is CCc1cc(Br)ccc1NC(C)c1ccc(C(C)C)cc1. The van der Waals surface area contributed by atoms with Gasteiger partial charge in [0.2, 0.25) is 0 Å². The Labute approximate surface area is 136 Å². The van der Waals surface area contributed by atoms with E-state index >= 15 is 0 Å². The van der Waals surface area contributed by atoms with Gasteiger partial charge in [0.15, 0.2) is 0 Å². The van der Waals surface area contributed by atoms with Crippen LogP contribution >= 0.6 is 15.9 Å². The van der Waals surface area contributed by atoms with Crippen molar-refractivity contribution in [1.29, 1.82) is 0 Å². The number of hydrogen-bond donors (Lipinski definition) is 1. The van der Waals surface area contributed by atoms with Crippen molar-refractivity contribution in [2.45, 2.75) is 46.1 Å². The Bertz CT molecular complexity index is 587. The van der Waals surface area contributed by atoms with Gasteiger partial charge < -0.3 is 5.32 Å². The average Bonchev–Trinajstić information content (AvgIpc) is 2.49. The summed E-state index contributed by atoms with van der Waals surface area (Å²) in [5, 5.41) is 3.63. The van der Waals surface area contributed by atoms with Crippen molar-refractivity contribution < 1.29 is 0 Å². The molecular formula is C19H24BrN. The van der Waals surface area contributed by atoms with Gasteiger partial charge in [0.1, 0.15) is 0 Å². The summed E-state index contributed by atoms with van der Waals surface area (Å²) in [4.78, 5) is 0. The molecule has 0 saturated heterocycles. The fraction of sp³-hybridized carbons (Fsp3) is 0.368. The lowest BCUT2D eigenvalue weighted by Gasteiger charge is -2.19. The molecular weight excluding hydrogens is 322 g/mol. The summed E-state index contributed by atoms with van der Waals surface area (Å²) >= 11 is 3.54. The van der Waals surface area contributed by atoms with Crippen LogP contribution in [0.5, 0.6) is 0 Å². The van der Waals surface area contributed by atoms with Crippen LogP contribution in [0.25, 0.3) is 0 Å². The van der Waals surface area contributed by atoms with E-state index in [1.54, 1.807) is 0 Å². The number of rotatable bonds is 5. The molecule has 1 atom stereocenters. The highest BCUT2D eigenvalue weighted by Crippen LogP contribution is 2.26. The van der Waals surface area contributed by atoms with E-state index in [2.05, 4.69) is 91.4 Å². The van der Waals surface area contributed by atoms with Gasteiger partial charge in [-0.25, -0.2) is 0 Å². The predicted molar refractivity (Wildman–Crippen MR) is 96.1 cm³/mol. The topological polar surface area (TPSA) is 12.0 Å². The summed E-state index contributed by atoms with van der Waals surface area (Å²) in [5.41, 5.74) is 5.28. The molecule has 2 aromatic carbocycles. The number of benzene rings is 2. The monoisotopic (exact) mass is 345 g/mol. The molecule has 0 aliphatic carbocycles. The van der Waals surface area contributed by atoms with Crippen molar-refractivity contribution in [2.24, 2.45) is 0 Å². The summed E-state index contributed by atoms with van der Waals surface area (Å²) in [6, 6.07) is 15.7. The fourth-order valence-electron chi connectivity index (χ4n) is 2.48. The number of halogens is 1. The molecule has 2 aromatic rings. The fourth-order valence-corrected chi connectivity index (χ4v) is 2.89. The lowest BCUT2D eigenvalue weighted by Crippen LogP contribution is -2.08. The third-order valence-corrected chi connectivity index (χ3v) is 4.42. The molecule has 0 radical (unpaired) electrons. The van der Waals surface area contributed by atoms with E-state index in [0.29, 0.717) is 12.0 Å². The zero-order chi connectivity index (χ0) is 15.4. The maximum absolute atomic E-state index is 3.63. The zero-order valence-corrected chi connectivity index (χ0v) is 14.9.